The molecule has 0 unspecified atom stereocenters. The molecular formula is C50H58F4N12O4. The van der Waals surface area contributed by atoms with Gasteiger partial charge in [-0.25, -0.2) is 32.3 Å². The van der Waals surface area contributed by atoms with Crippen LogP contribution in [-0.2, 0) is 14.2 Å². The first kappa shape index (κ1) is 48.3. The first-order valence-electron chi connectivity index (χ1n) is 23.6. The predicted octanol–water partition coefficient (Wildman–Crippen LogP) is 7.67. The van der Waals surface area contributed by atoms with Crippen LogP contribution >= 0.6 is 0 Å². The van der Waals surface area contributed by atoms with Gasteiger partial charge in [0.05, 0.1) is 114 Å². The fourth-order valence-corrected chi connectivity index (χ4v) is 9.65. The van der Waals surface area contributed by atoms with Gasteiger partial charge in [-0.05, 0) is 39.8 Å². The number of carbonyl (C=O) groups is 1. The summed E-state index contributed by atoms with van der Waals surface area (Å²) in [5.41, 5.74) is 6.44. The highest BCUT2D eigenvalue weighted by atomic mass is 19.1. The number of fused-ring (bicyclic) bond motifs is 2. The van der Waals surface area contributed by atoms with E-state index < -0.39 is 23.3 Å². The van der Waals surface area contributed by atoms with Crippen LogP contribution in [0.25, 0.3) is 21.8 Å². The molecule has 16 nitrogen and oxygen atoms in total. The number of hydrogen-bond donors (Lipinski definition) is 3. The van der Waals surface area contributed by atoms with E-state index in [2.05, 4.69) is 57.5 Å². The molecule has 0 saturated carbocycles. The summed E-state index contributed by atoms with van der Waals surface area (Å²) in [6.45, 7) is 17.4. The number of carbonyl (C=O) groups excluding carboxylic acids is 1. The SMILES string of the molecule is COC(=O)N1CCN(c2nc3cc(F)cc(F)c3c(Nc3cncc(N4CCOCC4)c3)c2C)C[C@H]1C.Cc1c(N2CCN[C@H](C)C2)nc2cc(F)cc(F)c2c1Nc1cncc(N2CCOCC2)c1. The Morgan fingerprint density at radius 1 is 0.643 bits per heavy atom. The van der Waals surface area contributed by atoms with Gasteiger partial charge in [-0.15, -0.1) is 0 Å². The summed E-state index contributed by atoms with van der Waals surface area (Å²) in [6, 6.07) is 8.43. The fraction of sp³-hybridized carbons (Fsp3) is 0.420. The number of morpholine rings is 2. The summed E-state index contributed by atoms with van der Waals surface area (Å²) in [5, 5.41) is 10.6. The maximum absolute atomic E-state index is 15.1. The molecule has 4 aromatic heterocycles. The topological polar surface area (TPSA) is 149 Å². The number of piperazine rings is 2. The molecule has 8 heterocycles. The second-order valence-electron chi connectivity index (χ2n) is 18.0. The Bertz CT molecular complexity index is 2870. The number of halogens is 4. The number of methoxy groups -OCH3 is 1. The Balaban J connectivity index is 0.000000175. The van der Waals surface area contributed by atoms with Gasteiger partial charge in [0.15, 0.2) is 0 Å². The van der Waals surface area contributed by atoms with Crippen molar-refractivity contribution >= 4 is 73.7 Å². The lowest BCUT2D eigenvalue weighted by Gasteiger charge is -2.40. The standard InChI is InChI=1S/C26H30F2N6O3.C24H28F2N6O/c1-16-15-33(4-5-34(16)26(35)36-3)25-17(2)24(23-21(28)10-18(27)11-22(23)31-25)30-19-12-20(14-29-13-19)32-6-8-37-9-7-32;1-15-14-32(4-3-28-15)24-16(2)23(22-20(26)9-17(25)10-21(22)30-24)29-18-11-19(13-27-12-18)31-5-7-33-8-6-31/h10-14,16H,4-9,15H2,1-3H3,(H,30,31);9-13,15,28H,3-8,14H2,1-2H3,(H,29,30)/t16-;15-/m11/s1. The Kier molecular flexibility index (Phi) is 14.5. The minimum atomic E-state index is -0.696. The Morgan fingerprint density at radius 3 is 1.59 bits per heavy atom. The molecule has 20 heteroatoms. The highest BCUT2D eigenvalue weighted by Gasteiger charge is 2.31. The number of rotatable bonds is 8. The number of anilines is 8. The van der Waals surface area contributed by atoms with Crippen molar-refractivity contribution in [2.24, 2.45) is 0 Å². The van der Waals surface area contributed by atoms with Crippen LogP contribution in [0.1, 0.15) is 25.0 Å². The first-order valence-corrected chi connectivity index (χ1v) is 23.6. The molecule has 0 radical (unpaired) electrons. The minimum absolute atomic E-state index is 0.131. The summed E-state index contributed by atoms with van der Waals surface area (Å²) < 4.78 is 74.3. The van der Waals surface area contributed by atoms with Crippen LogP contribution in [0.2, 0.25) is 0 Å². The highest BCUT2D eigenvalue weighted by molar-refractivity contribution is 5.99. The molecule has 70 heavy (non-hydrogen) atoms. The maximum Gasteiger partial charge on any atom is 0.409 e. The van der Waals surface area contributed by atoms with Crippen molar-refractivity contribution in [2.75, 3.05) is 129 Å². The number of amides is 1. The van der Waals surface area contributed by atoms with Gasteiger partial charge in [-0.1, -0.05) is 0 Å². The zero-order valence-electron chi connectivity index (χ0n) is 40.0. The molecule has 4 aliphatic heterocycles. The van der Waals surface area contributed by atoms with Gasteiger partial charge in [-0.2, -0.15) is 0 Å². The van der Waals surface area contributed by atoms with E-state index in [-0.39, 0.29) is 28.4 Å². The summed E-state index contributed by atoms with van der Waals surface area (Å²) in [7, 11) is 1.36. The van der Waals surface area contributed by atoms with Crippen molar-refractivity contribution in [1.29, 1.82) is 0 Å². The monoisotopic (exact) mass is 966 g/mol. The quantitative estimate of drug-likeness (QED) is 0.128. The summed E-state index contributed by atoms with van der Waals surface area (Å²) in [4.78, 5) is 40.5. The van der Waals surface area contributed by atoms with Crippen LogP contribution in [0.5, 0.6) is 0 Å². The number of nitrogens with zero attached hydrogens (tertiary/aromatic N) is 9. The minimum Gasteiger partial charge on any atom is -0.453 e. The smallest absolute Gasteiger partial charge is 0.409 e. The van der Waals surface area contributed by atoms with Crippen LogP contribution in [0.3, 0.4) is 0 Å². The molecule has 0 bridgehead atoms. The largest absolute Gasteiger partial charge is 0.453 e. The van der Waals surface area contributed by atoms with Crippen molar-refractivity contribution in [3.8, 4) is 0 Å². The number of benzene rings is 2. The molecule has 370 valence electrons. The van der Waals surface area contributed by atoms with Gasteiger partial charge < -0.3 is 54.7 Å². The molecule has 6 aromatic rings. The molecule has 2 atom stereocenters. The first-order chi connectivity index (χ1) is 33.8. The van der Waals surface area contributed by atoms with Gasteiger partial charge in [0.2, 0.25) is 0 Å². The number of hydrogen-bond acceptors (Lipinski definition) is 15. The Labute approximate surface area is 403 Å². The van der Waals surface area contributed by atoms with Gasteiger partial charge in [0, 0.05) is 113 Å². The van der Waals surface area contributed by atoms with Gasteiger partial charge in [-0.3, -0.25) is 9.97 Å². The van der Waals surface area contributed by atoms with E-state index in [1.165, 1.54) is 19.2 Å². The van der Waals surface area contributed by atoms with Crippen LogP contribution in [0, 0.1) is 37.1 Å². The molecule has 3 N–H and O–H groups in total. The van der Waals surface area contributed by atoms with Crippen LogP contribution < -0.4 is 35.6 Å². The van der Waals surface area contributed by atoms with Crippen molar-refractivity contribution in [3.05, 3.63) is 95.6 Å². The molecule has 4 saturated heterocycles. The van der Waals surface area contributed by atoms with Crippen LogP contribution in [-0.4, -0.2) is 142 Å². The lowest BCUT2D eigenvalue weighted by Crippen LogP contribution is -2.54. The highest BCUT2D eigenvalue weighted by Crippen LogP contribution is 2.39. The van der Waals surface area contributed by atoms with Crippen LogP contribution in [0.4, 0.5) is 68.1 Å². The van der Waals surface area contributed by atoms with E-state index in [0.29, 0.717) is 86.1 Å². The lowest BCUT2D eigenvalue weighted by molar-refractivity contribution is 0.103. The average molecular weight is 967 g/mol. The van der Waals surface area contributed by atoms with Crippen molar-refractivity contribution in [1.82, 2.24) is 30.2 Å². The molecule has 2 aromatic carbocycles. The normalized spacial score (nSPS) is 18.7. The van der Waals surface area contributed by atoms with Gasteiger partial charge >= 0.3 is 6.09 Å². The maximum atomic E-state index is 15.1. The van der Waals surface area contributed by atoms with Gasteiger partial charge in [0.1, 0.15) is 34.9 Å². The van der Waals surface area contributed by atoms with E-state index in [9.17, 15) is 13.6 Å². The zero-order valence-corrected chi connectivity index (χ0v) is 40.0. The molecule has 4 fully saturated rings. The van der Waals surface area contributed by atoms with E-state index in [4.69, 9.17) is 14.2 Å². The summed E-state index contributed by atoms with van der Waals surface area (Å²) >= 11 is 0. The Morgan fingerprint density at radius 2 is 1.13 bits per heavy atom. The third kappa shape index (κ3) is 10.4. The van der Waals surface area contributed by atoms with Crippen molar-refractivity contribution < 1.29 is 36.6 Å². The van der Waals surface area contributed by atoms with E-state index in [0.717, 1.165) is 86.4 Å². The molecule has 0 aliphatic carbocycles. The molecular weight excluding hydrogens is 909 g/mol. The summed E-state index contributed by atoms with van der Waals surface area (Å²) in [5.74, 6) is -1.33. The van der Waals surface area contributed by atoms with Crippen molar-refractivity contribution in [2.45, 2.75) is 39.8 Å². The van der Waals surface area contributed by atoms with E-state index in [1.54, 1.807) is 23.5 Å². The summed E-state index contributed by atoms with van der Waals surface area (Å²) in [6.07, 6.45) is 6.61. The second kappa shape index (κ2) is 21.1. The molecule has 10 rings (SSSR count). The second-order valence-corrected chi connectivity index (χ2v) is 18.0. The lowest BCUT2D eigenvalue weighted by atomic mass is 10.1. The Hall–Kier alpha value is -6.77. The third-order valence-electron chi connectivity index (χ3n) is 13.2. The third-order valence-corrected chi connectivity index (χ3v) is 13.2. The molecule has 4 aliphatic rings. The van der Waals surface area contributed by atoms with E-state index in [1.807, 2.05) is 44.0 Å². The van der Waals surface area contributed by atoms with E-state index >= 15 is 8.78 Å². The molecule has 0 spiro atoms. The average Bonchev–Trinajstić information content (AvgIpc) is 3.36. The molecule has 1 amide bonds. The number of pyridine rings is 4. The van der Waals surface area contributed by atoms with Gasteiger partial charge in [0.25, 0.3) is 0 Å². The number of aromatic nitrogens is 4. The number of nitrogens with one attached hydrogen (secondary N) is 3. The zero-order chi connectivity index (χ0) is 49.1. The van der Waals surface area contributed by atoms with Crippen LogP contribution in [0.15, 0.2) is 61.2 Å². The fourth-order valence-electron chi connectivity index (χ4n) is 9.65. The number of ether oxygens (including phenoxy) is 3. The predicted molar refractivity (Wildman–Crippen MR) is 264 cm³/mol. The van der Waals surface area contributed by atoms with Crippen molar-refractivity contribution in [3.63, 3.8) is 0 Å².